The van der Waals surface area contributed by atoms with Gasteiger partial charge in [-0.15, -0.1) is 0 Å². The van der Waals surface area contributed by atoms with Crippen molar-refractivity contribution in [2.75, 3.05) is 20.8 Å². The molecule has 0 radical (unpaired) electrons. The number of hydrogen-bond donors (Lipinski definition) is 1. The van der Waals surface area contributed by atoms with E-state index in [1.807, 2.05) is 24.0 Å². The molecule has 1 aromatic heterocycles. The van der Waals surface area contributed by atoms with Crippen LogP contribution in [-0.2, 0) is 17.8 Å². The van der Waals surface area contributed by atoms with Gasteiger partial charge in [0.2, 0.25) is 0 Å². The van der Waals surface area contributed by atoms with Crippen molar-refractivity contribution < 1.29 is 4.74 Å². The molecule has 1 aromatic rings. The van der Waals surface area contributed by atoms with E-state index >= 15 is 0 Å². The van der Waals surface area contributed by atoms with Crippen molar-refractivity contribution in [2.24, 2.45) is 0 Å². The Morgan fingerprint density at radius 3 is 3.17 bits per heavy atom. The van der Waals surface area contributed by atoms with Gasteiger partial charge < -0.3 is 10.1 Å². The first-order chi connectivity index (χ1) is 5.88. The van der Waals surface area contributed by atoms with E-state index in [2.05, 4.69) is 10.4 Å². The van der Waals surface area contributed by atoms with Crippen molar-refractivity contribution in [3.8, 4) is 0 Å². The molecule has 4 heteroatoms. The fourth-order valence-corrected chi connectivity index (χ4v) is 1.07. The highest BCUT2D eigenvalue weighted by Crippen LogP contribution is 1.97. The first kappa shape index (κ1) is 9.22. The van der Waals surface area contributed by atoms with Gasteiger partial charge in [0.25, 0.3) is 0 Å². The van der Waals surface area contributed by atoms with Gasteiger partial charge in [0.05, 0.1) is 18.8 Å². The Bertz CT molecular complexity index is 222. The molecule has 1 rings (SSSR count). The molecule has 0 aliphatic carbocycles. The standard InChI is InChI=1S/C8H15N3O/c1-9-7-8-3-4-10-11(8)5-6-12-2/h3-4,9H,5-7H2,1-2H3. The Kier molecular flexibility index (Phi) is 3.76. The quantitative estimate of drug-likeness (QED) is 0.686. The molecule has 0 saturated heterocycles. The van der Waals surface area contributed by atoms with Crippen molar-refractivity contribution in [1.29, 1.82) is 0 Å². The maximum Gasteiger partial charge on any atom is 0.0658 e. The van der Waals surface area contributed by atoms with Gasteiger partial charge in [-0.1, -0.05) is 0 Å². The Morgan fingerprint density at radius 2 is 2.50 bits per heavy atom. The molecule has 0 aliphatic heterocycles. The lowest BCUT2D eigenvalue weighted by Gasteiger charge is -2.05. The Balaban J connectivity index is 2.51. The second-order valence-corrected chi connectivity index (χ2v) is 2.57. The zero-order valence-corrected chi connectivity index (χ0v) is 7.58. The zero-order chi connectivity index (χ0) is 8.81. The van der Waals surface area contributed by atoms with Gasteiger partial charge in [-0.05, 0) is 13.1 Å². The molecule has 0 bridgehead atoms. The minimum Gasteiger partial charge on any atom is -0.383 e. The lowest BCUT2D eigenvalue weighted by Crippen LogP contribution is -2.14. The Hall–Kier alpha value is -0.870. The van der Waals surface area contributed by atoms with E-state index in [4.69, 9.17) is 4.74 Å². The van der Waals surface area contributed by atoms with Gasteiger partial charge in [0.15, 0.2) is 0 Å². The van der Waals surface area contributed by atoms with E-state index in [1.54, 1.807) is 7.11 Å². The summed E-state index contributed by atoms with van der Waals surface area (Å²) in [5.41, 5.74) is 1.19. The third-order valence-corrected chi connectivity index (χ3v) is 1.67. The molecule has 12 heavy (non-hydrogen) atoms. The molecule has 0 saturated carbocycles. The first-order valence-corrected chi connectivity index (χ1v) is 4.02. The van der Waals surface area contributed by atoms with E-state index in [0.29, 0.717) is 6.61 Å². The second kappa shape index (κ2) is 4.90. The fourth-order valence-electron chi connectivity index (χ4n) is 1.07. The minimum absolute atomic E-state index is 0.707. The van der Waals surface area contributed by atoms with Crippen LogP contribution in [0.5, 0.6) is 0 Å². The number of ether oxygens (including phenoxy) is 1. The fraction of sp³-hybridized carbons (Fsp3) is 0.625. The number of nitrogens with one attached hydrogen (secondary N) is 1. The Morgan fingerprint density at radius 1 is 1.67 bits per heavy atom. The average molecular weight is 169 g/mol. The average Bonchev–Trinajstić information content (AvgIpc) is 2.50. The molecule has 0 amide bonds. The molecule has 68 valence electrons. The predicted octanol–water partition coefficient (Wildman–Crippen LogP) is 0.249. The summed E-state index contributed by atoms with van der Waals surface area (Å²) in [6.07, 6.45) is 1.81. The van der Waals surface area contributed by atoms with E-state index in [0.717, 1.165) is 13.1 Å². The molecule has 4 nitrogen and oxygen atoms in total. The van der Waals surface area contributed by atoms with Crippen LogP contribution in [0.25, 0.3) is 0 Å². The summed E-state index contributed by atoms with van der Waals surface area (Å²) in [5.74, 6) is 0. The lowest BCUT2D eigenvalue weighted by molar-refractivity contribution is 0.182. The molecular weight excluding hydrogens is 154 g/mol. The summed E-state index contributed by atoms with van der Waals surface area (Å²) < 4.78 is 6.91. The Labute approximate surface area is 72.5 Å². The largest absolute Gasteiger partial charge is 0.383 e. The molecule has 0 fully saturated rings. The van der Waals surface area contributed by atoms with Gasteiger partial charge >= 0.3 is 0 Å². The maximum absolute atomic E-state index is 4.97. The predicted molar refractivity (Wildman–Crippen MR) is 46.9 cm³/mol. The molecule has 1 heterocycles. The van der Waals surface area contributed by atoms with Crippen LogP contribution in [0.2, 0.25) is 0 Å². The van der Waals surface area contributed by atoms with Crippen molar-refractivity contribution >= 4 is 0 Å². The van der Waals surface area contributed by atoms with Crippen LogP contribution in [-0.4, -0.2) is 30.5 Å². The maximum atomic E-state index is 4.97. The van der Waals surface area contributed by atoms with E-state index < -0.39 is 0 Å². The zero-order valence-electron chi connectivity index (χ0n) is 7.58. The first-order valence-electron chi connectivity index (χ1n) is 4.02. The SMILES string of the molecule is CNCc1ccnn1CCOC. The minimum atomic E-state index is 0.707. The van der Waals surface area contributed by atoms with Crippen LogP contribution in [0.15, 0.2) is 12.3 Å². The summed E-state index contributed by atoms with van der Waals surface area (Å²) >= 11 is 0. The third kappa shape index (κ3) is 2.32. The molecule has 1 N–H and O–H groups in total. The normalized spacial score (nSPS) is 10.5. The van der Waals surface area contributed by atoms with Crippen LogP contribution in [0.3, 0.4) is 0 Å². The van der Waals surface area contributed by atoms with Crippen molar-refractivity contribution in [1.82, 2.24) is 15.1 Å². The summed E-state index contributed by atoms with van der Waals surface area (Å²) in [6.45, 7) is 2.38. The van der Waals surface area contributed by atoms with Gasteiger partial charge in [0.1, 0.15) is 0 Å². The monoisotopic (exact) mass is 169 g/mol. The third-order valence-electron chi connectivity index (χ3n) is 1.67. The molecular formula is C8H15N3O. The van der Waals surface area contributed by atoms with E-state index in [9.17, 15) is 0 Å². The summed E-state index contributed by atoms with van der Waals surface area (Å²) in [6, 6.07) is 2.01. The number of rotatable bonds is 5. The second-order valence-electron chi connectivity index (χ2n) is 2.57. The summed E-state index contributed by atoms with van der Waals surface area (Å²) in [7, 11) is 3.62. The lowest BCUT2D eigenvalue weighted by atomic mass is 10.4. The topological polar surface area (TPSA) is 39.1 Å². The van der Waals surface area contributed by atoms with Gasteiger partial charge in [0, 0.05) is 19.9 Å². The molecule has 0 spiro atoms. The van der Waals surface area contributed by atoms with Crippen LogP contribution >= 0.6 is 0 Å². The van der Waals surface area contributed by atoms with E-state index in [-0.39, 0.29) is 0 Å². The molecule has 0 unspecified atom stereocenters. The van der Waals surface area contributed by atoms with Crippen LogP contribution in [0.4, 0.5) is 0 Å². The smallest absolute Gasteiger partial charge is 0.0658 e. The highest BCUT2D eigenvalue weighted by atomic mass is 16.5. The van der Waals surface area contributed by atoms with E-state index in [1.165, 1.54) is 5.69 Å². The van der Waals surface area contributed by atoms with Gasteiger partial charge in [-0.3, -0.25) is 4.68 Å². The number of methoxy groups -OCH3 is 1. The summed E-state index contributed by atoms with van der Waals surface area (Å²) in [4.78, 5) is 0. The number of aromatic nitrogens is 2. The van der Waals surface area contributed by atoms with Crippen LogP contribution in [0, 0.1) is 0 Å². The molecule has 0 aliphatic rings. The van der Waals surface area contributed by atoms with Gasteiger partial charge in [-0.25, -0.2) is 0 Å². The van der Waals surface area contributed by atoms with Crippen molar-refractivity contribution in [2.45, 2.75) is 13.1 Å². The van der Waals surface area contributed by atoms with Crippen molar-refractivity contribution in [3.05, 3.63) is 18.0 Å². The highest BCUT2D eigenvalue weighted by Gasteiger charge is 1.99. The number of hydrogen-bond acceptors (Lipinski definition) is 3. The van der Waals surface area contributed by atoms with Crippen LogP contribution in [0.1, 0.15) is 5.69 Å². The molecule has 0 atom stereocenters. The van der Waals surface area contributed by atoms with Crippen molar-refractivity contribution in [3.63, 3.8) is 0 Å². The van der Waals surface area contributed by atoms with Crippen LogP contribution < -0.4 is 5.32 Å². The highest BCUT2D eigenvalue weighted by molar-refractivity contribution is 4.99. The number of nitrogens with zero attached hydrogens (tertiary/aromatic N) is 2. The van der Waals surface area contributed by atoms with Gasteiger partial charge in [-0.2, -0.15) is 5.10 Å². The summed E-state index contributed by atoms with van der Waals surface area (Å²) in [5, 5.41) is 7.25. The molecule has 0 aromatic carbocycles.